The Morgan fingerprint density at radius 3 is 2.33 bits per heavy atom. The summed E-state index contributed by atoms with van der Waals surface area (Å²) in [6.07, 6.45) is 0. The number of rotatable bonds is 8. The topological polar surface area (TPSA) is 71.1 Å². The first-order chi connectivity index (χ1) is 10.1. The van der Waals surface area contributed by atoms with E-state index in [1.54, 1.807) is 19.1 Å². The minimum Gasteiger partial charge on any atom is -0.492 e. The molecule has 0 saturated carbocycles. The highest BCUT2D eigenvalue weighted by molar-refractivity contribution is 9.09. The number of hydrogen-bond acceptors (Lipinski definition) is 6. The number of halogens is 1. The normalized spacial score (nSPS) is 9.90. The van der Waals surface area contributed by atoms with E-state index in [9.17, 15) is 9.59 Å². The molecule has 0 aliphatic carbocycles. The maximum Gasteiger partial charge on any atom is 0.344 e. The molecule has 0 aromatic heterocycles. The Hall–Kier alpha value is -1.76. The fourth-order valence-electron chi connectivity index (χ4n) is 1.69. The second-order valence-electron chi connectivity index (χ2n) is 3.83. The number of Topliss-reactive ketones (excluding diaryl/α,β-unsaturated/α-hetero) is 1. The highest BCUT2D eigenvalue weighted by atomic mass is 79.9. The molecule has 1 rings (SSSR count). The molecule has 0 aliphatic heterocycles. The van der Waals surface area contributed by atoms with Crippen LogP contribution in [0.2, 0.25) is 0 Å². The summed E-state index contributed by atoms with van der Waals surface area (Å²) in [5, 5.41) is 0.162. The van der Waals surface area contributed by atoms with Gasteiger partial charge in [-0.1, -0.05) is 15.9 Å². The van der Waals surface area contributed by atoms with Crippen molar-refractivity contribution in [2.45, 2.75) is 6.92 Å². The predicted molar refractivity (Wildman–Crippen MR) is 79.8 cm³/mol. The van der Waals surface area contributed by atoms with Crippen LogP contribution in [0.25, 0.3) is 0 Å². The van der Waals surface area contributed by atoms with E-state index >= 15 is 0 Å². The summed E-state index contributed by atoms with van der Waals surface area (Å²) < 4.78 is 20.6. The number of methoxy groups -OCH3 is 2. The Bertz CT molecular complexity index is 514. The Morgan fingerprint density at radius 1 is 1.14 bits per heavy atom. The van der Waals surface area contributed by atoms with Crippen LogP contribution in [0.4, 0.5) is 0 Å². The number of alkyl halides is 1. The second kappa shape index (κ2) is 8.51. The summed E-state index contributed by atoms with van der Waals surface area (Å²) >= 11 is 3.11. The first-order valence-corrected chi connectivity index (χ1v) is 7.33. The van der Waals surface area contributed by atoms with Crippen LogP contribution in [0.3, 0.4) is 0 Å². The Balaban J connectivity index is 3.06. The predicted octanol–water partition coefficient (Wildman–Crippen LogP) is 2.22. The second-order valence-corrected chi connectivity index (χ2v) is 4.39. The summed E-state index contributed by atoms with van der Waals surface area (Å²) in [4.78, 5) is 23.1. The zero-order valence-corrected chi connectivity index (χ0v) is 13.7. The third-order valence-electron chi connectivity index (χ3n) is 2.56. The molecule has 0 atom stereocenters. The Labute approximate surface area is 131 Å². The molecule has 0 amide bonds. The number of hydrogen-bond donors (Lipinski definition) is 0. The minimum absolute atomic E-state index is 0.151. The number of esters is 1. The molecular weight excluding hydrogens is 344 g/mol. The summed E-state index contributed by atoms with van der Waals surface area (Å²) in [6, 6.07) is 3.11. The zero-order chi connectivity index (χ0) is 15.8. The van der Waals surface area contributed by atoms with E-state index in [2.05, 4.69) is 15.9 Å². The van der Waals surface area contributed by atoms with Crippen molar-refractivity contribution in [1.29, 1.82) is 0 Å². The van der Waals surface area contributed by atoms with E-state index < -0.39 is 5.97 Å². The van der Waals surface area contributed by atoms with Crippen molar-refractivity contribution in [3.05, 3.63) is 17.7 Å². The number of ketones is 1. The van der Waals surface area contributed by atoms with Gasteiger partial charge in [-0.25, -0.2) is 4.79 Å². The molecule has 0 heterocycles. The van der Waals surface area contributed by atoms with Gasteiger partial charge in [-0.05, 0) is 19.1 Å². The van der Waals surface area contributed by atoms with Gasteiger partial charge in [0.2, 0.25) is 5.75 Å². The summed E-state index contributed by atoms with van der Waals surface area (Å²) in [7, 11) is 2.86. The molecule has 0 saturated heterocycles. The first kappa shape index (κ1) is 17.3. The van der Waals surface area contributed by atoms with Crippen LogP contribution in [-0.4, -0.2) is 44.5 Å². The highest BCUT2D eigenvalue weighted by Gasteiger charge is 2.20. The fraction of sp³-hybridized carbons (Fsp3) is 0.429. The molecule has 21 heavy (non-hydrogen) atoms. The van der Waals surface area contributed by atoms with Gasteiger partial charge in [0.05, 0.1) is 31.7 Å². The molecule has 0 spiro atoms. The molecule has 0 bridgehead atoms. The van der Waals surface area contributed by atoms with E-state index in [0.29, 0.717) is 11.3 Å². The van der Waals surface area contributed by atoms with E-state index in [-0.39, 0.29) is 35.8 Å². The molecule has 0 unspecified atom stereocenters. The van der Waals surface area contributed by atoms with Gasteiger partial charge in [-0.15, -0.1) is 0 Å². The highest BCUT2D eigenvalue weighted by Crippen LogP contribution is 2.40. The van der Waals surface area contributed by atoms with E-state index in [1.807, 2.05) is 0 Å². The van der Waals surface area contributed by atoms with Gasteiger partial charge < -0.3 is 18.9 Å². The van der Waals surface area contributed by atoms with Crippen molar-refractivity contribution in [2.24, 2.45) is 0 Å². The third kappa shape index (κ3) is 4.35. The number of carbonyl (C=O) groups is 2. The number of ether oxygens (including phenoxy) is 4. The zero-order valence-electron chi connectivity index (χ0n) is 12.1. The van der Waals surface area contributed by atoms with Gasteiger partial charge in [0.1, 0.15) is 0 Å². The fourth-order valence-corrected chi connectivity index (χ4v) is 1.99. The molecule has 116 valence electrons. The van der Waals surface area contributed by atoms with E-state index in [0.717, 1.165) is 0 Å². The van der Waals surface area contributed by atoms with Crippen LogP contribution in [0, 0.1) is 0 Å². The molecule has 0 N–H and O–H groups in total. The van der Waals surface area contributed by atoms with Gasteiger partial charge in [0, 0.05) is 0 Å². The maximum atomic E-state index is 11.8. The van der Waals surface area contributed by atoms with Crippen molar-refractivity contribution in [1.82, 2.24) is 0 Å². The van der Waals surface area contributed by atoms with Gasteiger partial charge in [0.25, 0.3) is 0 Å². The summed E-state index contributed by atoms with van der Waals surface area (Å²) in [5.74, 6) is 0.187. The lowest BCUT2D eigenvalue weighted by Gasteiger charge is -2.15. The lowest BCUT2D eigenvalue weighted by Crippen LogP contribution is -2.15. The molecule has 0 radical (unpaired) electrons. The SMILES string of the molecule is CCOC(=O)COc1ccc(C(=O)CBr)c(OC)c1OC. The first-order valence-electron chi connectivity index (χ1n) is 6.21. The quantitative estimate of drug-likeness (QED) is 0.402. The van der Waals surface area contributed by atoms with Crippen molar-refractivity contribution in [3.63, 3.8) is 0 Å². The Morgan fingerprint density at radius 2 is 1.81 bits per heavy atom. The van der Waals surface area contributed by atoms with Gasteiger partial charge in [-0.3, -0.25) is 4.79 Å². The van der Waals surface area contributed by atoms with E-state index in [4.69, 9.17) is 18.9 Å². The standard InChI is InChI=1S/C14H17BrO6/c1-4-20-12(17)8-21-11-6-5-9(10(16)7-15)13(18-2)14(11)19-3/h5-6H,4,7-8H2,1-3H3. The van der Waals surface area contributed by atoms with Crippen LogP contribution in [-0.2, 0) is 9.53 Å². The van der Waals surface area contributed by atoms with Gasteiger partial charge >= 0.3 is 5.97 Å². The largest absolute Gasteiger partial charge is 0.492 e. The van der Waals surface area contributed by atoms with Crippen LogP contribution in [0.15, 0.2) is 12.1 Å². The lowest BCUT2D eigenvalue weighted by atomic mass is 10.1. The molecule has 0 aliphatic rings. The van der Waals surface area contributed by atoms with Crippen molar-refractivity contribution < 1.29 is 28.5 Å². The van der Waals surface area contributed by atoms with Crippen LogP contribution in [0.1, 0.15) is 17.3 Å². The third-order valence-corrected chi connectivity index (χ3v) is 3.07. The van der Waals surface area contributed by atoms with Crippen molar-refractivity contribution in [3.8, 4) is 17.2 Å². The van der Waals surface area contributed by atoms with Crippen molar-refractivity contribution in [2.75, 3.05) is 32.8 Å². The molecule has 6 nitrogen and oxygen atoms in total. The summed E-state index contributed by atoms with van der Waals surface area (Å²) in [6.45, 7) is 1.74. The minimum atomic E-state index is -0.487. The van der Waals surface area contributed by atoms with E-state index in [1.165, 1.54) is 14.2 Å². The van der Waals surface area contributed by atoms with Crippen LogP contribution >= 0.6 is 15.9 Å². The Kier molecular flexibility index (Phi) is 7.01. The maximum absolute atomic E-state index is 11.8. The average Bonchev–Trinajstić information content (AvgIpc) is 2.51. The van der Waals surface area contributed by atoms with Gasteiger partial charge in [-0.2, -0.15) is 0 Å². The van der Waals surface area contributed by atoms with Crippen molar-refractivity contribution >= 4 is 27.7 Å². The van der Waals surface area contributed by atoms with Gasteiger partial charge in [0.15, 0.2) is 23.9 Å². The monoisotopic (exact) mass is 360 g/mol. The number of benzene rings is 1. The molecule has 1 aromatic rings. The number of carbonyl (C=O) groups excluding carboxylic acids is 2. The van der Waals surface area contributed by atoms with Crippen LogP contribution < -0.4 is 14.2 Å². The molecule has 1 aromatic carbocycles. The lowest BCUT2D eigenvalue weighted by molar-refractivity contribution is -0.145. The summed E-state index contributed by atoms with van der Waals surface area (Å²) in [5.41, 5.74) is 0.370. The smallest absolute Gasteiger partial charge is 0.344 e. The molecule has 7 heteroatoms. The average molecular weight is 361 g/mol. The molecule has 0 fully saturated rings. The molecular formula is C14H17BrO6. The van der Waals surface area contributed by atoms with Crippen LogP contribution in [0.5, 0.6) is 17.2 Å².